The van der Waals surface area contributed by atoms with Gasteiger partial charge >= 0.3 is 0 Å². The number of rotatable bonds is 7. The molecule has 1 aliphatic carbocycles. The molecule has 0 aromatic heterocycles. The molecule has 0 radical (unpaired) electrons. The maximum Gasteiger partial charge on any atom is 0.191 e. The van der Waals surface area contributed by atoms with E-state index in [1.54, 1.807) is 6.92 Å². The Kier molecular flexibility index (Phi) is 6.89. The first-order valence-electron chi connectivity index (χ1n) is 8.38. The van der Waals surface area contributed by atoms with Gasteiger partial charge in [0.05, 0.1) is 12.3 Å². The van der Waals surface area contributed by atoms with E-state index >= 15 is 0 Å². The first kappa shape index (κ1) is 17.8. The zero-order valence-electron chi connectivity index (χ0n) is 13.8. The van der Waals surface area contributed by atoms with Crippen molar-refractivity contribution in [1.29, 1.82) is 0 Å². The van der Waals surface area contributed by atoms with E-state index in [4.69, 9.17) is 0 Å². The Balaban J connectivity index is 1.93. The van der Waals surface area contributed by atoms with Crippen LogP contribution >= 0.6 is 0 Å². The molecule has 128 valence electrons. The number of benzene rings is 1. The van der Waals surface area contributed by atoms with Gasteiger partial charge in [0.15, 0.2) is 15.8 Å². The molecule has 1 aromatic carbocycles. The van der Waals surface area contributed by atoms with E-state index in [1.165, 1.54) is 12.8 Å². The molecule has 0 heterocycles. The lowest BCUT2D eigenvalue weighted by atomic mass is 10.2. The Morgan fingerprint density at radius 1 is 1.22 bits per heavy atom. The predicted octanol–water partition coefficient (Wildman–Crippen LogP) is 2.10. The minimum absolute atomic E-state index is 0.139. The van der Waals surface area contributed by atoms with Gasteiger partial charge in [0.25, 0.3) is 0 Å². The summed E-state index contributed by atoms with van der Waals surface area (Å²) in [4.78, 5) is 4.60. The molecule has 0 amide bonds. The van der Waals surface area contributed by atoms with Gasteiger partial charge in [-0.25, -0.2) is 13.4 Å². The van der Waals surface area contributed by atoms with Crippen LogP contribution < -0.4 is 10.6 Å². The number of nitrogens with one attached hydrogen (secondary N) is 2. The fourth-order valence-electron chi connectivity index (χ4n) is 2.64. The van der Waals surface area contributed by atoms with Crippen molar-refractivity contribution in [3.8, 4) is 0 Å². The van der Waals surface area contributed by atoms with Gasteiger partial charge in [-0.3, -0.25) is 0 Å². The van der Waals surface area contributed by atoms with Crippen molar-refractivity contribution < 1.29 is 8.42 Å². The highest BCUT2D eigenvalue weighted by Gasteiger charge is 2.16. The van der Waals surface area contributed by atoms with Gasteiger partial charge in [0.2, 0.25) is 0 Å². The first-order valence-corrected chi connectivity index (χ1v) is 10.2. The number of guanidine groups is 1. The van der Waals surface area contributed by atoms with E-state index in [2.05, 4.69) is 15.6 Å². The van der Waals surface area contributed by atoms with Gasteiger partial charge in [0, 0.05) is 18.3 Å². The van der Waals surface area contributed by atoms with Crippen LogP contribution in [0.3, 0.4) is 0 Å². The van der Waals surface area contributed by atoms with Gasteiger partial charge in [-0.2, -0.15) is 0 Å². The van der Waals surface area contributed by atoms with E-state index in [0.29, 0.717) is 25.1 Å². The average Bonchev–Trinajstić information content (AvgIpc) is 3.06. The van der Waals surface area contributed by atoms with Crippen LogP contribution in [0.2, 0.25) is 0 Å². The molecule has 2 N–H and O–H groups in total. The number of sulfone groups is 1. The molecule has 0 bridgehead atoms. The van der Waals surface area contributed by atoms with Crippen LogP contribution in [0.4, 0.5) is 0 Å². The predicted molar refractivity (Wildman–Crippen MR) is 95.3 cm³/mol. The van der Waals surface area contributed by atoms with Crippen molar-refractivity contribution in [2.75, 3.05) is 18.1 Å². The lowest BCUT2D eigenvalue weighted by Crippen LogP contribution is -2.44. The summed E-state index contributed by atoms with van der Waals surface area (Å²) in [5, 5.41) is 6.60. The highest BCUT2D eigenvalue weighted by molar-refractivity contribution is 7.91. The number of aliphatic imine (C=N–C) groups is 1. The van der Waals surface area contributed by atoms with Gasteiger partial charge in [0.1, 0.15) is 0 Å². The van der Waals surface area contributed by atoms with E-state index in [-0.39, 0.29) is 11.5 Å². The summed E-state index contributed by atoms with van der Waals surface area (Å²) in [6.45, 7) is 2.66. The molecule has 0 unspecified atom stereocenters. The van der Waals surface area contributed by atoms with Crippen molar-refractivity contribution in [2.24, 2.45) is 4.99 Å². The van der Waals surface area contributed by atoms with Crippen LogP contribution in [0.1, 0.15) is 38.2 Å². The molecule has 2 rings (SSSR count). The fraction of sp³-hybridized carbons (Fsp3) is 0.588. The number of nitrogens with zero attached hydrogens (tertiary/aromatic N) is 1. The third-order valence-corrected chi connectivity index (χ3v) is 5.81. The molecule has 23 heavy (non-hydrogen) atoms. The third kappa shape index (κ3) is 6.60. The Labute approximate surface area is 139 Å². The van der Waals surface area contributed by atoms with Crippen molar-refractivity contribution in [1.82, 2.24) is 10.6 Å². The molecule has 0 spiro atoms. The Hall–Kier alpha value is -1.56. The van der Waals surface area contributed by atoms with Crippen LogP contribution in [0.5, 0.6) is 0 Å². The van der Waals surface area contributed by atoms with Crippen LogP contribution in [0.25, 0.3) is 0 Å². The highest BCUT2D eigenvalue weighted by Crippen LogP contribution is 2.17. The second-order valence-electron chi connectivity index (χ2n) is 5.94. The molecule has 1 aliphatic rings. The molecule has 0 saturated heterocycles. The molecule has 1 aromatic rings. The maximum absolute atomic E-state index is 11.6. The maximum atomic E-state index is 11.6. The Morgan fingerprint density at radius 2 is 1.91 bits per heavy atom. The second kappa shape index (κ2) is 8.91. The largest absolute Gasteiger partial charge is 0.355 e. The van der Waals surface area contributed by atoms with Crippen LogP contribution in [-0.2, 0) is 16.4 Å². The van der Waals surface area contributed by atoms with Crippen molar-refractivity contribution in [3.05, 3.63) is 35.9 Å². The van der Waals surface area contributed by atoms with Gasteiger partial charge in [-0.1, -0.05) is 50.1 Å². The second-order valence-corrected chi connectivity index (χ2v) is 8.41. The average molecular weight is 337 g/mol. The van der Waals surface area contributed by atoms with E-state index in [1.807, 2.05) is 30.3 Å². The monoisotopic (exact) mass is 337 g/mol. The molecular weight excluding hydrogens is 310 g/mol. The summed E-state index contributed by atoms with van der Waals surface area (Å²) >= 11 is 0. The number of hydrogen-bond acceptors (Lipinski definition) is 3. The van der Waals surface area contributed by atoms with Crippen LogP contribution in [-0.4, -0.2) is 38.5 Å². The quantitative estimate of drug-likeness (QED) is 0.590. The zero-order chi connectivity index (χ0) is 16.5. The lowest BCUT2D eigenvalue weighted by Gasteiger charge is -2.17. The molecular formula is C17H27N3O2S. The normalized spacial score (nSPS) is 16.5. The van der Waals surface area contributed by atoms with Crippen molar-refractivity contribution in [2.45, 2.75) is 45.2 Å². The van der Waals surface area contributed by atoms with Gasteiger partial charge in [-0.05, 0) is 18.4 Å². The summed E-state index contributed by atoms with van der Waals surface area (Å²) in [6.07, 6.45) is 4.79. The Morgan fingerprint density at radius 3 is 2.57 bits per heavy atom. The van der Waals surface area contributed by atoms with Gasteiger partial charge in [-0.15, -0.1) is 0 Å². The molecule has 0 atom stereocenters. The SMILES string of the molecule is CCS(=O)(=O)CCNC(=NCc1ccccc1)NC1CCCC1. The summed E-state index contributed by atoms with van der Waals surface area (Å²) in [5.41, 5.74) is 1.14. The third-order valence-electron chi connectivity index (χ3n) is 4.10. The van der Waals surface area contributed by atoms with E-state index in [0.717, 1.165) is 18.4 Å². The van der Waals surface area contributed by atoms with E-state index < -0.39 is 9.84 Å². The molecule has 1 fully saturated rings. The minimum Gasteiger partial charge on any atom is -0.355 e. The molecule has 5 nitrogen and oxygen atoms in total. The smallest absolute Gasteiger partial charge is 0.191 e. The zero-order valence-corrected chi connectivity index (χ0v) is 14.6. The topological polar surface area (TPSA) is 70.6 Å². The molecule has 0 aliphatic heterocycles. The minimum atomic E-state index is -2.95. The van der Waals surface area contributed by atoms with Crippen LogP contribution in [0.15, 0.2) is 35.3 Å². The highest BCUT2D eigenvalue weighted by atomic mass is 32.2. The van der Waals surface area contributed by atoms with Crippen LogP contribution in [0, 0.1) is 0 Å². The van der Waals surface area contributed by atoms with Crippen molar-refractivity contribution in [3.63, 3.8) is 0 Å². The summed E-state index contributed by atoms with van der Waals surface area (Å²) < 4.78 is 23.2. The number of hydrogen-bond donors (Lipinski definition) is 2. The summed E-state index contributed by atoms with van der Waals surface area (Å²) in [6, 6.07) is 10.5. The Bertz CT molecular complexity index is 594. The van der Waals surface area contributed by atoms with E-state index in [9.17, 15) is 8.42 Å². The van der Waals surface area contributed by atoms with Gasteiger partial charge < -0.3 is 10.6 Å². The van der Waals surface area contributed by atoms with Crippen molar-refractivity contribution >= 4 is 15.8 Å². The molecule has 1 saturated carbocycles. The lowest BCUT2D eigenvalue weighted by molar-refractivity contribution is 0.593. The molecule has 6 heteroatoms. The first-order chi connectivity index (χ1) is 11.1. The summed E-state index contributed by atoms with van der Waals surface area (Å²) in [5.74, 6) is 1.04. The fourth-order valence-corrected chi connectivity index (χ4v) is 3.34. The standard InChI is InChI=1S/C17H27N3O2S/c1-2-23(21,22)13-12-18-17(20-16-10-6-7-11-16)19-14-15-8-4-3-5-9-15/h3-5,8-9,16H,2,6-7,10-14H2,1H3,(H2,18,19,20). The summed E-state index contributed by atoms with van der Waals surface area (Å²) in [7, 11) is -2.95.